The Morgan fingerprint density at radius 1 is 1.26 bits per heavy atom. The van der Waals surface area contributed by atoms with E-state index in [4.69, 9.17) is 9.26 Å². The highest BCUT2D eigenvalue weighted by Crippen LogP contribution is 2.37. The third-order valence-electron chi connectivity index (χ3n) is 4.65. The minimum absolute atomic E-state index is 0.0221. The average molecular weight is 397 g/mol. The fourth-order valence-electron chi connectivity index (χ4n) is 3.08. The predicted molar refractivity (Wildman–Crippen MR) is 96.6 cm³/mol. The summed E-state index contributed by atoms with van der Waals surface area (Å²) in [6.45, 7) is 4.13. The van der Waals surface area contributed by atoms with E-state index in [1.807, 2.05) is 13.8 Å². The van der Waals surface area contributed by atoms with Gasteiger partial charge in [-0.25, -0.2) is 12.8 Å². The normalized spacial score (nSPS) is 18.0. The van der Waals surface area contributed by atoms with Crippen LogP contribution in [-0.4, -0.2) is 43.1 Å². The van der Waals surface area contributed by atoms with Gasteiger partial charge in [0.1, 0.15) is 5.75 Å². The van der Waals surface area contributed by atoms with E-state index in [1.54, 1.807) is 12.1 Å². The highest BCUT2D eigenvalue weighted by Gasteiger charge is 2.44. The first-order valence-electron chi connectivity index (χ1n) is 8.91. The Hall–Kier alpha value is -2.00. The molecule has 0 amide bonds. The summed E-state index contributed by atoms with van der Waals surface area (Å²) >= 11 is 0. The Labute approximate surface area is 158 Å². The lowest BCUT2D eigenvalue weighted by molar-refractivity contribution is 0.0511. The Morgan fingerprint density at radius 3 is 2.44 bits per heavy atom. The molecule has 0 spiro atoms. The van der Waals surface area contributed by atoms with Crippen molar-refractivity contribution >= 4 is 10.0 Å². The Balaban J connectivity index is 1.70. The number of rotatable bonds is 6. The SMILES string of the molecule is COc1ccc(S(=O)(=O)N2CCC(F)(c3nc(CC(C)C)no3)CC2)cc1. The molecule has 0 aliphatic carbocycles. The molecule has 27 heavy (non-hydrogen) atoms. The van der Waals surface area contributed by atoms with Gasteiger partial charge in [0.05, 0.1) is 12.0 Å². The number of aromatic nitrogens is 2. The number of sulfonamides is 1. The van der Waals surface area contributed by atoms with Crippen LogP contribution in [0.5, 0.6) is 5.75 Å². The lowest BCUT2D eigenvalue weighted by Crippen LogP contribution is -2.43. The molecule has 148 valence electrons. The molecule has 1 aliphatic heterocycles. The van der Waals surface area contributed by atoms with Crippen molar-refractivity contribution in [2.45, 2.75) is 43.7 Å². The van der Waals surface area contributed by atoms with Crippen LogP contribution in [0.25, 0.3) is 0 Å². The zero-order valence-electron chi connectivity index (χ0n) is 15.7. The summed E-state index contributed by atoms with van der Waals surface area (Å²) in [7, 11) is -2.17. The van der Waals surface area contributed by atoms with Crippen molar-refractivity contribution in [2.24, 2.45) is 5.92 Å². The van der Waals surface area contributed by atoms with Crippen molar-refractivity contribution in [3.05, 3.63) is 36.0 Å². The topological polar surface area (TPSA) is 85.5 Å². The number of halogens is 1. The lowest BCUT2D eigenvalue weighted by atomic mass is 9.94. The molecule has 1 aliphatic rings. The zero-order valence-corrected chi connectivity index (χ0v) is 16.5. The van der Waals surface area contributed by atoms with Gasteiger partial charge in [-0.2, -0.15) is 9.29 Å². The van der Waals surface area contributed by atoms with Gasteiger partial charge in [0.2, 0.25) is 10.0 Å². The standard InChI is InChI=1S/C18H24FN3O4S/c1-13(2)12-16-20-17(26-21-16)18(19)8-10-22(11-9-18)27(23,24)15-6-4-14(25-3)5-7-15/h4-7,13H,8-12H2,1-3H3. The van der Waals surface area contributed by atoms with E-state index < -0.39 is 15.7 Å². The maximum absolute atomic E-state index is 15.3. The molecule has 0 saturated carbocycles. The van der Waals surface area contributed by atoms with Crippen LogP contribution in [-0.2, 0) is 22.1 Å². The largest absolute Gasteiger partial charge is 0.497 e. The summed E-state index contributed by atoms with van der Waals surface area (Å²) in [5.74, 6) is 1.33. The van der Waals surface area contributed by atoms with Gasteiger partial charge in [-0.3, -0.25) is 0 Å². The first-order valence-corrected chi connectivity index (χ1v) is 10.3. The van der Waals surface area contributed by atoms with Crippen LogP contribution < -0.4 is 4.74 Å². The quantitative estimate of drug-likeness (QED) is 0.745. The van der Waals surface area contributed by atoms with Gasteiger partial charge in [0.15, 0.2) is 11.5 Å². The Morgan fingerprint density at radius 2 is 1.89 bits per heavy atom. The van der Waals surface area contributed by atoms with Crippen molar-refractivity contribution in [1.29, 1.82) is 0 Å². The second kappa shape index (κ2) is 7.55. The van der Waals surface area contributed by atoms with E-state index in [0.717, 1.165) is 0 Å². The van der Waals surface area contributed by atoms with Crippen LogP contribution in [0.3, 0.4) is 0 Å². The van der Waals surface area contributed by atoms with Crippen LogP contribution in [0.1, 0.15) is 38.4 Å². The molecule has 1 fully saturated rings. The number of benzene rings is 1. The summed E-state index contributed by atoms with van der Waals surface area (Å²) in [4.78, 5) is 4.33. The van der Waals surface area contributed by atoms with Crippen molar-refractivity contribution in [3.8, 4) is 5.75 Å². The summed E-state index contributed by atoms with van der Waals surface area (Å²) in [6.07, 6.45) is 0.564. The number of methoxy groups -OCH3 is 1. The van der Waals surface area contributed by atoms with Crippen molar-refractivity contribution in [2.75, 3.05) is 20.2 Å². The third-order valence-corrected chi connectivity index (χ3v) is 6.57. The molecular weight excluding hydrogens is 373 g/mol. The zero-order chi connectivity index (χ0) is 19.7. The van der Waals surface area contributed by atoms with Crippen molar-refractivity contribution in [3.63, 3.8) is 0 Å². The monoisotopic (exact) mass is 397 g/mol. The fourth-order valence-corrected chi connectivity index (χ4v) is 4.52. The van der Waals surface area contributed by atoms with E-state index in [9.17, 15) is 8.42 Å². The van der Waals surface area contributed by atoms with Gasteiger partial charge < -0.3 is 9.26 Å². The average Bonchev–Trinajstić information content (AvgIpc) is 3.11. The number of piperidine rings is 1. The number of nitrogens with zero attached hydrogens (tertiary/aromatic N) is 3. The molecular formula is C18H24FN3O4S. The van der Waals surface area contributed by atoms with Crippen molar-refractivity contribution < 1.29 is 22.1 Å². The van der Waals surface area contributed by atoms with E-state index in [1.165, 1.54) is 23.5 Å². The van der Waals surface area contributed by atoms with Crippen LogP contribution in [0.4, 0.5) is 4.39 Å². The van der Waals surface area contributed by atoms with E-state index in [0.29, 0.717) is 23.9 Å². The summed E-state index contributed by atoms with van der Waals surface area (Å²) in [6, 6.07) is 6.15. The maximum Gasteiger partial charge on any atom is 0.264 e. The first-order chi connectivity index (χ1) is 12.7. The summed E-state index contributed by atoms with van der Waals surface area (Å²) < 4.78 is 52.3. The molecule has 2 aromatic rings. The molecule has 0 bridgehead atoms. The van der Waals surface area contributed by atoms with Gasteiger partial charge in [-0.15, -0.1) is 0 Å². The minimum Gasteiger partial charge on any atom is -0.497 e. The highest BCUT2D eigenvalue weighted by atomic mass is 32.2. The minimum atomic E-state index is -3.69. The third kappa shape index (κ3) is 4.14. The lowest BCUT2D eigenvalue weighted by Gasteiger charge is -2.33. The molecule has 0 unspecified atom stereocenters. The summed E-state index contributed by atoms with van der Waals surface area (Å²) in [5.41, 5.74) is -1.80. The van der Waals surface area contributed by atoms with Gasteiger partial charge in [-0.1, -0.05) is 19.0 Å². The van der Waals surface area contributed by atoms with E-state index in [2.05, 4.69) is 10.1 Å². The number of hydrogen-bond donors (Lipinski definition) is 0. The molecule has 1 aromatic carbocycles. The summed E-state index contributed by atoms with van der Waals surface area (Å²) in [5, 5.41) is 3.84. The highest BCUT2D eigenvalue weighted by molar-refractivity contribution is 7.89. The first kappa shape index (κ1) is 19.8. The smallest absolute Gasteiger partial charge is 0.264 e. The maximum atomic E-state index is 15.3. The molecule has 3 rings (SSSR count). The van der Waals surface area contributed by atoms with Crippen LogP contribution in [0.2, 0.25) is 0 Å². The van der Waals surface area contributed by atoms with Gasteiger partial charge in [-0.05, 0) is 30.2 Å². The number of ether oxygens (including phenoxy) is 1. The Bertz CT molecular complexity index is 872. The molecule has 1 saturated heterocycles. The van der Waals surface area contributed by atoms with Crippen LogP contribution in [0.15, 0.2) is 33.7 Å². The second-order valence-electron chi connectivity index (χ2n) is 7.16. The molecule has 0 radical (unpaired) electrons. The van der Waals surface area contributed by atoms with Gasteiger partial charge in [0, 0.05) is 32.4 Å². The molecule has 9 heteroatoms. The number of alkyl halides is 1. The van der Waals surface area contributed by atoms with Crippen LogP contribution in [0, 0.1) is 5.92 Å². The van der Waals surface area contributed by atoms with Gasteiger partial charge >= 0.3 is 0 Å². The molecule has 0 atom stereocenters. The van der Waals surface area contributed by atoms with Crippen molar-refractivity contribution in [1.82, 2.24) is 14.4 Å². The van der Waals surface area contributed by atoms with E-state index >= 15 is 4.39 Å². The fraction of sp³-hybridized carbons (Fsp3) is 0.556. The molecule has 2 heterocycles. The Kier molecular flexibility index (Phi) is 5.53. The predicted octanol–water partition coefficient (Wildman–Crippen LogP) is 2.93. The number of hydrogen-bond acceptors (Lipinski definition) is 6. The van der Waals surface area contributed by atoms with Gasteiger partial charge in [0.25, 0.3) is 5.89 Å². The second-order valence-corrected chi connectivity index (χ2v) is 9.10. The van der Waals surface area contributed by atoms with Crippen LogP contribution >= 0.6 is 0 Å². The molecule has 7 nitrogen and oxygen atoms in total. The molecule has 1 aromatic heterocycles. The van der Waals surface area contributed by atoms with E-state index in [-0.39, 0.29) is 36.7 Å². The molecule has 0 N–H and O–H groups in total.